The van der Waals surface area contributed by atoms with Gasteiger partial charge in [0.05, 0.1) is 17.8 Å². The standard InChI is InChI=1S/C20H15F2N/c21-16-11-12-18(17(22)13-16)23-19(14-7-3-1-4-8-14)20(23)15-9-5-2-6-10-15/h1-13,19-20H. The van der Waals surface area contributed by atoms with Crippen LogP contribution in [-0.2, 0) is 0 Å². The molecule has 2 unspecified atom stereocenters. The molecule has 1 fully saturated rings. The van der Waals surface area contributed by atoms with Gasteiger partial charge in [0.15, 0.2) is 0 Å². The maximum absolute atomic E-state index is 14.2. The maximum Gasteiger partial charge on any atom is 0.149 e. The fraction of sp³-hybridized carbons (Fsp3) is 0.100. The SMILES string of the molecule is Fc1ccc(N2C(c3ccccc3)C2c2ccccc2)c(F)c1. The van der Waals surface area contributed by atoms with Crippen molar-refractivity contribution in [2.45, 2.75) is 12.1 Å². The monoisotopic (exact) mass is 307 g/mol. The van der Waals surface area contributed by atoms with Crippen molar-refractivity contribution >= 4 is 5.69 Å². The molecule has 114 valence electrons. The van der Waals surface area contributed by atoms with Crippen LogP contribution in [0.2, 0.25) is 0 Å². The molecule has 3 aromatic rings. The Morgan fingerprint density at radius 2 is 1.17 bits per heavy atom. The predicted octanol–water partition coefficient (Wildman–Crippen LogP) is 5.27. The van der Waals surface area contributed by atoms with E-state index in [-0.39, 0.29) is 12.1 Å². The van der Waals surface area contributed by atoms with Crippen LogP contribution in [0.4, 0.5) is 14.5 Å². The average Bonchev–Trinajstić information content (AvgIpc) is 3.32. The molecule has 1 nitrogen and oxygen atoms in total. The smallest absolute Gasteiger partial charge is 0.149 e. The van der Waals surface area contributed by atoms with Gasteiger partial charge in [-0.3, -0.25) is 0 Å². The van der Waals surface area contributed by atoms with Crippen molar-refractivity contribution in [2.75, 3.05) is 4.90 Å². The van der Waals surface area contributed by atoms with Gasteiger partial charge < -0.3 is 4.90 Å². The normalized spacial score (nSPS) is 19.7. The Kier molecular flexibility index (Phi) is 3.34. The van der Waals surface area contributed by atoms with Gasteiger partial charge in [-0.2, -0.15) is 0 Å². The van der Waals surface area contributed by atoms with Crippen LogP contribution >= 0.6 is 0 Å². The van der Waals surface area contributed by atoms with E-state index in [2.05, 4.69) is 0 Å². The van der Waals surface area contributed by atoms with Gasteiger partial charge >= 0.3 is 0 Å². The van der Waals surface area contributed by atoms with E-state index in [1.807, 2.05) is 65.6 Å². The Bertz CT molecular complexity index is 772. The summed E-state index contributed by atoms with van der Waals surface area (Å²) < 4.78 is 27.5. The first-order valence-electron chi connectivity index (χ1n) is 7.59. The Labute approximate surface area is 133 Å². The molecule has 0 spiro atoms. The topological polar surface area (TPSA) is 3.01 Å². The van der Waals surface area contributed by atoms with Crippen LogP contribution in [0.3, 0.4) is 0 Å². The third-order valence-corrected chi connectivity index (χ3v) is 4.28. The Morgan fingerprint density at radius 1 is 0.652 bits per heavy atom. The fourth-order valence-electron chi connectivity index (χ4n) is 3.21. The summed E-state index contributed by atoms with van der Waals surface area (Å²) in [5.74, 6) is -1.08. The van der Waals surface area contributed by atoms with Crippen LogP contribution in [0, 0.1) is 11.6 Å². The summed E-state index contributed by atoms with van der Waals surface area (Å²) in [4.78, 5) is 2.00. The van der Waals surface area contributed by atoms with Gasteiger partial charge in [-0.1, -0.05) is 60.7 Å². The molecule has 23 heavy (non-hydrogen) atoms. The molecule has 0 saturated carbocycles. The fourth-order valence-corrected chi connectivity index (χ4v) is 3.21. The lowest BCUT2D eigenvalue weighted by Crippen LogP contribution is -1.99. The second-order valence-electron chi connectivity index (χ2n) is 5.71. The van der Waals surface area contributed by atoms with E-state index in [4.69, 9.17) is 0 Å². The number of nitrogens with zero attached hydrogens (tertiary/aromatic N) is 1. The van der Waals surface area contributed by atoms with Crippen molar-refractivity contribution in [2.24, 2.45) is 0 Å². The minimum absolute atomic E-state index is 0.0681. The molecule has 3 aromatic carbocycles. The zero-order valence-corrected chi connectivity index (χ0v) is 12.4. The molecule has 0 aromatic heterocycles. The van der Waals surface area contributed by atoms with E-state index < -0.39 is 11.6 Å². The highest BCUT2D eigenvalue weighted by Gasteiger charge is 2.50. The Hall–Kier alpha value is -2.68. The molecule has 0 aliphatic carbocycles. The molecule has 0 radical (unpaired) electrons. The Balaban J connectivity index is 1.77. The van der Waals surface area contributed by atoms with Crippen molar-refractivity contribution in [1.29, 1.82) is 0 Å². The first kappa shape index (κ1) is 13.9. The van der Waals surface area contributed by atoms with Crippen LogP contribution in [0.25, 0.3) is 0 Å². The molecule has 0 N–H and O–H groups in total. The molecule has 2 atom stereocenters. The zero-order chi connectivity index (χ0) is 15.8. The van der Waals surface area contributed by atoms with Gasteiger partial charge in [-0.15, -0.1) is 0 Å². The maximum atomic E-state index is 14.2. The third kappa shape index (κ3) is 2.48. The minimum atomic E-state index is -0.555. The highest BCUT2D eigenvalue weighted by molar-refractivity contribution is 5.62. The highest BCUT2D eigenvalue weighted by Crippen LogP contribution is 2.57. The van der Waals surface area contributed by atoms with Crippen molar-refractivity contribution in [1.82, 2.24) is 0 Å². The molecular weight excluding hydrogens is 292 g/mol. The van der Waals surface area contributed by atoms with Crippen molar-refractivity contribution in [3.05, 3.63) is 102 Å². The van der Waals surface area contributed by atoms with Crippen LogP contribution < -0.4 is 4.90 Å². The van der Waals surface area contributed by atoms with Crippen molar-refractivity contribution in [3.8, 4) is 0 Å². The second-order valence-corrected chi connectivity index (χ2v) is 5.71. The van der Waals surface area contributed by atoms with E-state index in [1.165, 1.54) is 12.1 Å². The highest BCUT2D eigenvalue weighted by atomic mass is 19.1. The Morgan fingerprint density at radius 3 is 1.65 bits per heavy atom. The summed E-state index contributed by atoms with van der Waals surface area (Å²) in [6.07, 6.45) is 0. The summed E-state index contributed by atoms with van der Waals surface area (Å²) in [5, 5.41) is 0. The van der Waals surface area contributed by atoms with Crippen molar-refractivity contribution < 1.29 is 8.78 Å². The van der Waals surface area contributed by atoms with Gasteiger partial charge in [0.2, 0.25) is 0 Å². The summed E-state index contributed by atoms with van der Waals surface area (Å²) in [7, 11) is 0. The summed E-state index contributed by atoms with van der Waals surface area (Å²) >= 11 is 0. The van der Waals surface area contributed by atoms with E-state index in [0.717, 1.165) is 17.2 Å². The molecule has 3 heteroatoms. The van der Waals surface area contributed by atoms with Gasteiger partial charge in [-0.25, -0.2) is 8.78 Å². The molecule has 4 rings (SSSR count). The van der Waals surface area contributed by atoms with Crippen LogP contribution in [0.15, 0.2) is 78.9 Å². The van der Waals surface area contributed by atoms with E-state index in [0.29, 0.717) is 5.69 Å². The molecular formula is C20H15F2N. The minimum Gasteiger partial charge on any atom is -0.350 e. The molecule has 1 saturated heterocycles. The zero-order valence-electron chi connectivity index (χ0n) is 12.4. The second kappa shape index (κ2) is 5.51. The van der Waals surface area contributed by atoms with E-state index in [1.54, 1.807) is 0 Å². The molecule has 0 amide bonds. The quantitative estimate of drug-likeness (QED) is 0.596. The molecule has 0 bridgehead atoms. The molecule has 1 aliphatic rings. The predicted molar refractivity (Wildman–Crippen MR) is 87.2 cm³/mol. The van der Waals surface area contributed by atoms with Gasteiger partial charge in [0.1, 0.15) is 11.6 Å². The van der Waals surface area contributed by atoms with Gasteiger partial charge in [-0.05, 0) is 23.3 Å². The summed E-state index contributed by atoms with van der Waals surface area (Å²) in [5.41, 5.74) is 2.70. The number of hydrogen-bond acceptors (Lipinski definition) is 1. The first-order valence-corrected chi connectivity index (χ1v) is 7.59. The van der Waals surface area contributed by atoms with E-state index in [9.17, 15) is 8.78 Å². The lowest BCUT2D eigenvalue weighted by Gasteiger charge is -2.08. The lowest BCUT2D eigenvalue weighted by atomic mass is 10.0. The number of halogens is 2. The number of anilines is 1. The molecule has 1 heterocycles. The number of rotatable bonds is 3. The summed E-state index contributed by atoms with van der Waals surface area (Å²) in [6, 6.07) is 23.9. The lowest BCUT2D eigenvalue weighted by molar-refractivity contribution is 0.584. The van der Waals surface area contributed by atoms with Crippen LogP contribution in [0.1, 0.15) is 23.2 Å². The van der Waals surface area contributed by atoms with Crippen LogP contribution in [-0.4, -0.2) is 0 Å². The average molecular weight is 307 g/mol. The van der Waals surface area contributed by atoms with Gasteiger partial charge in [0.25, 0.3) is 0 Å². The number of benzene rings is 3. The largest absolute Gasteiger partial charge is 0.350 e. The molecule has 1 aliphatic heterocycles. The van der Waals surface area contributed by atoms with Gasteiger partial charge in [0, 0.05) is 6.07 Å². The van der Waals surface area contributed by atoms with E-state index >= 15 is 0 Å². The third-order valence-electron chi connectivity index (χ3n) is 4.28. The number of hydrogen-bond donors (Lipinski definition) is 0. The van der Waals surface area contributed by atoms with Crippen molar-refractivity contribution in [3.63, 3.8) is 0 Å². The first-order chi connectivity index (χ1) is 11.3. The van der Waals surface area contributed by atoms with Crippen LogP contribution in [0.5, 0.6) is 0 Å². The summed E-state index contributed by atoms with van der Waals surface area (Å²) in [6.45, 7) is 0.